The molecule has 3 rings (SSSR count). The van der Waals surface area contributed by atoms with E-state index >= 15 is 0 Å². The Kier molecular flexibility index (Phi) is 4.93. The summed E-state index contributed by atoms with van der Waals surface area (Å²) >= 11 is 0. The van der Waals surface area contributed by atoms with Crippen molar-refractivity contribution in [3.8, 4) is 0 Å². The van der Waals surface area contributed by atoms with Gasteiger partial charge in [-0.2, -0.15) is 5.10 Å². The predicted molar refractivity (Wildman–Crippen MR) is 91.8 cm³/mol. The molecule has 1 fully saturated rings. The van der Waals surface area contributed by atoms with Gasteiger partial charge >= 0.3 is 0 Å². The molecule has 1 amide bonds. The molecule has 0 saturated carbocycles. The standard InChI is InChI=1S/C17H25N5O/c1-13(2)22-15-6-4-3-5-14(15)16(20-22)17(23)19-9-12-21-10-7-18-8-11-21/h3-6,13,18H,7-12H2,1-2H3,(H,19,23). The summed E-state index contributed by atoms with van der Waals surface area (Å²) in [6.45, 7) is 9.82. The van der Waals surface area contributed by atoms with Crippen molar-refractivity contribution in [2.24, 2.45) is 0 Å². The number of nitrogens with zero attached hydrogens (tertiary/aromatic N) is 3. The van der Waals surface area contributed by atoms with E-state index in [0.29, 0.717) is 12.2 Å². The van der Waals surface area contributed by atoms with Crippen LogP contribution < -0.4 is 10.6 Å². The molecular formula is C17H25N5O. The van der Waals surface area contributed by atoms with Gasteiger partial charge < -0.3 is 10.6 Å². The third kappa shape index (κ3) is 3.54. The molecule has 6 nitrogen and oxygen atoms in total. The fourth-order valence-electron chi connectivity index (χ4n) is 3.00. The van der Waals surface area contributed by atoms with Crippen LogP contribution in [-0.2, 0) is 0 Å². The van der Waals surface area contributed by atoms with Gasteiger partial charge in [-0.25, -0.2) is 0 Å². The lowest BCUT2D eigenvalue weighted by molar-refractivity contribution is 0.0943. The maximum absolute atomic E-state index is 12.5. The number of carbonyl (C=O) groups is 1. The van der Waals surface area contributed by atoms with E-state index < -0.39 is 0 Å². The highest BCUT2D eigenvalue weighted by atomic mass is 16.1. The Morgan fingerprint density at radius 3 is 2.78 bits per heavy atom. The number of fused-ring (bicyclic) bond motifs is 1. The second-order valence-corrected chi connectivity index (χ2v) is 6.25. The number of aromatic nitrogens is 2. The van der Waals surface area contributed by atoms with Gasteiger partial charge in [0.2, 0.25) is 0 Å². The Bertz CT molecular complexity index is 673. The first-order valence-electron chi connectivity index (χ1n) is 8.35. The molecule has 1 aliphatic rings. The van der Waals surface area contributed by atoms with Crippen LogP contribution in [0.3, 0.4) is 0 Å². The van der Waals surface area contributed by atoms with Gasteiger partial charge in [-0.15, -0.1) is 0 Å². The van der Waals surface area contributed by atoms with E-state index in [1.807, 2.05) is 28.9 Å². The first-order valence-corrected chi connectivity index (χ1v) is 8.35. The highest BCUT2D eigenvalue weighted by Gasteiger charge is 2.18. The van der Waals surface area contributed by atoms with Crippen LogP contribution in [0.1, 0.15) is 30.4 Å². The second kappa shape index (κ2) is 7.10. The van der Waals surface area contributed by atoms with Crippen molar-refractivity contribution in [2.45, 2.75) is 19.9 Å². The molecule has 1 aliphatic heterocycles. The van der Waals surface area contributed by atoms with Crippen molar-refractivity contribution in [3.05, 3.63) is 30.0 Å². The minimum atomic E-state index is -0.0873. The quantitative estimate of drug-likeness (QED) is 0.872. The SMILES string of the molecule is CC(C)n1nc(C(=O)NCCN2CCNCC2)c2ccccc21. The van der Waals surface area contributed by atoms with Crippen molar-refractivity contribution in [1.29, 1.82) is 0 Å². The predicted octanol–water partition coefficient (Wildman–Crippen LogP) is 1.25. The van der Waals surface area contributed by atoms with Crippen LogP contribution in [-0.4, -0.2) is 59.9 Å². The summed E-state index contributed by atoms with van der Waals surface area (Å²) < 4.78 is 1.92. The van der Waals surface area contributed by atoms with E-state index in [1.165, 1.54) is 0 Å². The van der Waals surface area contributed by atoms with Gasteiger partial charge in [0.25, 0.3) is 5.91 Å². The normalized spacial score (nSPS) is 16.1. The summed E-state index contributed by atoms with van der Waals surface area (Å²) in [6, 6.07) is 8.13. The largest absolute Gasteiger partial charge is 0.349 e. The van der Waals surface area contributed by atoms with Gasteiger partial charge in [0.05, 0.1) is 5.52 Å². The summed E-state index contributed by atoms with van der Waals surface area (Å²) in [6.07, 6.45) is 0. The van der Waals surface area contributed by atoms with E-state index in [-0.39, 0.29) is 11.9 Å². The van der Waals surface area contributed by atoms with Crippen LogP contribution in [0.4, 0.5) is 0 Å². The Balaban J connectivity index is 1.68. The van der Waals surface area contributed by atoms with E-state index in [9.17, 15) is 4.79 Å². The third-order valence-electron chi connectivity index (χ3n) is 4.24. The highest BCUT2D eigenvalue weighted by Crippen LogP contribution is 2.21. The van der Waals surface area contributed by atoms with E-state index in [4.69, 9.17) is 0 Å². The molecule has 0 radical (unpaired) electrons. The maximum Gasteiger partial charge on any atom is 0.272 e. The number of carbonyl (C=O) groups excluding carboxylic acids is 1. The summed E-state index contributed by atoms with van der Waals surface area (Å²) in [5, 5.41) is 11.8. The Morgan fingerprint density at radius 1 is 1.30 bits per heavy atom. The highest BCUT2D eigenvalue weighted by molar-refractivity contribution is 6.04. The Morgan fingerprint density at radius 2 is 2.04 bits per heavy atom. The molecule has 1 saturated heterocycles. The lowest BCUT2D eigenvalue weighted by Crippen LogP contribution is -2.46. The van der Waals surface area contributed by atoms with Gasteiger partial charge in [0.15, 0.2) is 5.69 Å². The topological polar surface area (TPSA) is 62.2 Å². The zero-order valence-electron chi connectivity index (χ0n) is 13.9. The summed E-state index contributed by atoms with van der Waals surface area (Å²) in [5.74, 6) is -0.0873. The number of para-hydroxylation sites is 1. The lowest BCUT2D eigenvalue weighted by atomic mass is 10.2. The summed E-state index contributed by atoms with van der Waals surface area (Å²) in [7, 11) is 0. The van der Waals surface area contributed by atoms with Crippen molar-refractivity contribution in [3.63, 3.8) is 0 Å². The molecule has 2 heterocycles. The molecule has 0 atom stereocenters. The Labute approximate surface area is 136 Å². The van der Waals surface area contributed by atoms with Gasteiger partial charge in [0, 0.05) is 50.7 Å². The monoisotopic (exact) mass is 315 g/mol. The minimum Gasteiger partial charge on any atom is -0.349 e. The number of hydrogen-bond donors (Lipinski definition) is 2. The van der Waals surface area contributed by atoms with Crippen molar-refractivity contribution >= 4 is 16.8 Å². The molecule has 6 heteroatoms. The fourth-order valence-corrected chi connectivity index (χ4v) is 3.00. The molecule has 1 aromatic heterocycles. The van der Waals surface area contributed by atoms with Gasteiger partial charge in [-0.3, -0.25) is 14.4 Å². The molecule has 23 heavy (non-hydrogen) atoms. The van der Waals surface area contributed by atoms with Crippen LogP contribution in [0.2, 0.25) is 0 Å². The molecule has 0 unspecified atom stereocenters. The fraction of sp³-hybridized carbons (Fsp3) is 0.529. The molecule has 2 aromatic rings. The van der Waals surface area contributed by atoms with E-state index in [2.05, 4.69) is 34.5 Å². The number of benzene rings is 1. The average molecular weight is 315 g/mol. The van der Waals surface area contributed by atoms with Crippen LogP contribution in [0.5, 0.6) is 0 Å². The van der Waals surface area contributed by atoms with Crippen molar-refractivity contribution in [1.82, 2.24) is 25.3 Å². The first kappa shape index (κ1) is 16.0. The van der Waals surface area contributed by atoms with Crippen LogP contribution >= 0.6 is 0 Å². The second-order valence-electron chi connectivity index (χ2n) is 6.25. The zero-order chi connectivity index (χ0) is 16.2. The van der Waals surface area contributed by atoms with Gasteiger partial charge in [-0.05, 0) is 19.9 Å². The number of hydrogen-bond acceptors (Lipinski definition) is 4. The molecule has 124 valence electrons. The lowest BCUT2D eigenvalue weighted by Gasteiger charge is -2.26. The summed E-state index contributed by atoms with van der Waals surface area (Å²) in [4.78, 5) is 14.9. The van der Waals surface area contributed by atoms with E-state index in [1.54, 1.807) is 0 Å². The number of rotatable bonds is 5. The first-order chi connectivity index (χ1) is 11.2. The molecule has 2 N–H and O–H groups in total. The van der Waals surface area contributed by atoms with Gasteiger partial charge in [-0.1, -0.05) is 18.2 Å². The smallest absolute Gasteiger partial charge is 0.272 e. The summed E-state index contributed by atoms with van der Waals surface area (Å²) in [5.41, 5.74) is 1.53. The molecule has 1 aromatic carbocycles. The van der Waals surface area contributed by atoms with Crippen molar-refractivity contribution in [2.75, 3.05) is 39.3 Å². The number of amides is 1. The van der Waals surface area contributed by atoms with Crippen LogP contribution in [0.15, 0.2) is 24.3 Å². The zero-order valence-corrected chi connectivity index (χ0v) is 13.9. The van der Waals surface area contributed by atoms with Crippen LogP contribution in [0, 0.1) is 0 Å². The number of piperazine rings is 1. The molecule has 0 spiro atoms. The molecular weight excluding hydrogens is 290 g/mol. The molecule has 0 aliphatic carbocycles. The molecule has 0 bridgehead atoms. The van der Waals surface area contributed by atoms with Gasteiger partial charge in [0.1, 0.15) is 0 Å². The Hall–Kier alpha value is -1.92. The maximum atomic E-state index is 12.5. The number of nitrogens with one attached hydrogen (secondary N) is 2. The average Bonchev–Trinajstić information content (AvgIpc) is 2.96. The van der Waals surface area contributed by atoms with E-state index in [0.717, 1.165) is 43.6 Å². The minimum absolute atomic E-state index is 0.0873. The van der Waals surface area contributed by atoms with Crippen molar-refractivity contribution < 1.29 is 4.79 Å². The third-order valence-corrected chi connectivity index (χ3v) is 4.24. The van der Waals surface area contributed by atoms with Crippen LogP contribution in [0.25, 0.3) is 10.9 Å².